The van der Waals surface area contributed by atoms with Crippen molar-refractivity contribution in [3.05, 3.63) is 68.5 Å². The van der Waals surface area contributed by atoms with Crippen molar-refractivity contribution in [1.29, 1.82) is 5.26 Å². The van der Waals surface area contributed by atoms with Gasteiger partial charge in [0.05, 0.1) is 41.1 Å². The molecule has 7 nitrogen and oxygen atoms in total. The summed E-state index contributed by atoms with van der Waals surface area (Å²) in [7, 11) is 1.53. The van der Waals surface area contributed by atoms with Crippen LogP contribution in [0.2, 0.25) is 0 Å². The van der Waals surface area contributed by atoms with E-state index in [1.54, 1.807) is 25.1 Å². The molecule has 0 saturated heterocycles. The minimum Gasteiger partial charge on any atom is -0.495 e. The maximum absolute atomic E-state index is 13.3. The summed E-state index contributed by atoms with van der Waals surface area (Å²) in [6.07, 6.45) is 0. The molecule has 0 saturated carbocycles. The fourth-order valence-electron chi connectivity index (χ4n) is 3.15. The van der Waals surface area contributed by atoms with Crippen molar-refractivity contribution in [2.45, 2.75) is 12.8 Å². The summed E-state index contributed by atoms with van der Waals surface area (Å²) in [6, 6.07) is 13.1. The maximum Gasteiger partial charge on any atom is 0.254 e. The van der Waals surface area contributed by atoms with Crippen LogP contribution in [0.25, 0.3) is 0 Å². The van der Waals surface area contributed by atoms with Gasteiger partial charge >= 0.3 is 0 Å². The predicted molar refractivity (Wildman–Crippen MR) is 119 cm³/mol. The molecule has 0 radical (unpaired) electrons. The van der Waals surface area contributed by atoms with Crippen LogP contribution in [0, 0.1) is 11.3 Å². The number of amides is 2. The zero-order chi connectivity index (χ0) is 21.7. The number of thiophene rings is 1. The molecule has 0 fully saturated rings. The number of benzene rings is 1. The Morgan fingerprint density at radius 3 is 2.73 bits per heavy atom. The van der Waals surface area contributed by atoms with Crippen molar-refractivity contribution in [1.82, 2.24) is 5.32 Å². The maximum atomic E-state index is 13.3. The number of methoxy groups -OCH3 is 1. The first kappa shape index (κ1) is 21.5. The standard InChI is InChI=1S/C21H20N4O3S2/c1-12-18(20(27)25-14-6-3-4-7-15(14)28-2)19(16-8-5-9-29-16)13(10-22)21(24-12)30-11-17(23)26/h3-9,19,24H,11H2,1-2H3,(H2,23,26)(H,25,27). The highest BCUT2D eigenvalue weighted by molar-refractivity contribution is 8.03. The summed E-state index contributed by atoms with van der Waals surface area (Å²) in [5.74, 6) is -0.813. The molecule has 0 aliphatic carbocycles. The summed E-state index contributed by atoms with van der Waals surface area (Å²) in [5.41, 5.74) is 7.22. The van der Waals surface area contributed by atoms with Gasteiger partial charge in [0.25, 0.3) is 5.91 Å². The Bertz CT molecular complexity index is 1070. The zero-order valence-electron chi connectivity index (χ0n) is 16.4. The second-order valence-corrected chi connectivity index (χ2v) is 8.34. The van der Waals surface area contributed by atoms with E-state index in [0.717, 1.165) is 16.6 Å². The van der Waals surface area contributed by atoms with E-state index in [0.29, 0.717) is 33.3 Å². The number of carbonyl (C=O) groups is 2. The van der Waals surface area contributed by atoms with Crippen LogP contribution in [-0.4, -0.2) is 24.7 Å². The summed E-state index contributed by atoms with van der Waals surface area (Å²) in [5, 5.41) is 18.3. The molecule has 1 atom stereocenters. The minimum absolute atomic E-state index is 0.0285. The molecule has 0 bridgehead atoms. The van der Waals surface area contributed by atoms with Gasteiger partial charge in [-0.1, -0.05) is 30.0 Å². The Labute approximate surface area is 182 Å². The Balaban J connectivity index is 2.02. The van der Waals surface area contributed by atoms with Crippen molar-refractivity contribution >= 4 is 40.6 Å². The smallest absolute Gasteiger partial charge is 0.254 e. The van der Waals surface area contributed by atoms with Crippen LogP contribution < -0.4 is 21.1 Å². The molecule has 1 aliphatic heterocycles. The van der Waals surface area contributed by atoms with Crippen molar-refractivity contribution in [3.63, 3.8) is 0 Å². The van der Waals surface area contributed by atoms with Crippen LogP contribution in [0.15, 0.2) is 63.7 Å². The van der Waals surface area contributed by atoms with Crippen molar-refractivity contribution in [3.8, 4) is 11.8 Å². The molecule has 1 aliphatic rings. The Morgan fingerprint density at radius 1 is 1.33 bits per heavy atom. The molecule has 1 unspecified atom stereocenters. The number of dihydropyridines is 1. The zero-order valence-corrected chi connectivity index (χ0v) is 18.0. The summed E-state index contributed by atoms with van der Waals surface area (Å²) < 4.78 is 5.32. The molecule has 4 N–H and O–H groups in total. The first-order valence-electron chi connectivity index (χ1n) is 8.97. The summed E-state index contributed by atoms with van der Waals surface area (Å²) >= 11 is 2.62. The van der Waals surface area contributed by atoms with E-state index < -0.39 is 11.8 Å². The third-order valence-electron chi connectivity index (χ3n) is 4.43. The predicted octanol–water partition coefficient (Wildman–Crippen LogP) is 3.31. The van der Waals surface area contributed by atoms with Crippen molar-refractivity contribution in [2.24, 2.45) is 5.73 Å². The number of nitrogens with two attached hydrogens (primary N) is 1. The molecular weight excluding hydrogens is 420 g/mol. The number of nitrogens with zero attached hydrogens (tertiary/aromatic N) is 1. The van der Waals surface area contributed by atoms with Gasteiger partial charge in [-0.25, -0.2) is 0 Å². The molecular formula is C21H20N4O3S2. The summed E-state index contributed by atoms with van der Waals surface area (Å²) in [6.45, 7) is 1.77. The molecule has 2 amide bonds. The van der Waals surface area contributed by atoms with Crippen LogP contribution in [0.4, 0.5) is 5.69 Å². The fraction of sp³-hybridized carbons (Fsp3) is 0.190. The number of carbonyl (C=O) groups excluding carboxylic acids is 2. The SMILES string of the molecule is COc1ccccc1NC(=O)C1=C(C)NC(SCC(N)=O)=C(C#N)C1c1cccs1. The molecule has 2 aromatic rings. The van der Waals surface area contributed by atoms with E-state index in [4.69, 9.17) is 10.5 Å². The van der Waals surface area contributed by atoms with E-state index in [2.05, 4.69) is 16.7 Å². The van der Waals surface area contributed by atoms with Gasteiger partial charge in [-0.3, -0.25) is 9.59 Å². The number of allylic oxidation sites excluding steroid dienone is 2. The molecule has 30 heavy (non-hydrogen) atoms. The number of hydrogen-bond acceptors (Lipinski definition) is 7. The Morgan fingerprint density at radius 2 is 2.10 bits per heavy atom. The largest absolute Gasteiger partial charge is 0.495 e. The topological polar surface area (TPSA) is 117 Å². The van der Waals surface area contributed by atoms with Crippen LogP contribution in [0.1, 0.15) is 17.7 Å². The average Bonchev–Trinajstić information content (AvgIpc) is 3.26. The highest BCUT2D eigenvalue weighted by Crippen LogP contribution is 2.42. The summed E-state index contributed by atoms with van der Waals surface area (Å²) in [4.78, 5) is 25.4. The lowest BCUT2D eigenvalue weighted by Crippen LogP contribution is -2.31. The minimum atomic E-state index is -0.554. The fourth-order valence-corrected chi connectivity index (χ4v) is 4.82. The van der Waals surface area contributed by atoms with Crippen LogP contribution in [-0.2, 0) is 9.59 Å². The van der Waals surface area contributed by atoms with Gasteiger partial charge in [-0.2, -0.15) is 5.26 Å². The highest BCUT2D eigenvalue weighted by atomic mass is 32.2. The van der Waals surface area contributed by atoms with Gasteiger partial charge < -0.3 is 21.1 Å². The lowest BCUT2D eigenvalue weighted by molar-refractivity contribution is -0.115. The van der Waals surface area contributed by atoms with Crippen molar-refractivity contribution in [2.75, 3.05) is 18.2 Å². The molecule has 9 heteroatoms. The lowest BCUT2D eigenvalue weighted by atomic mass is 9.86. The van der Waals surface area contributed by atoms with Gasteiger partial charge in [0.15, 0.2) is 0 Å². The van der Waals surface area contributed by atoms with Crippen molar-refractivity contribution < 1.29 is 14.3 Å². The third-order valence-corrected chi connectivity index (χ3v) is 6.41. The van der Waals surface area contributed by atoms with Gasteiger partial charge in [0.2, 0.25) is 5.91 Å². The number of anilines is 1. The van der Waals surface area contributed by atoms with E-state index >= 15 is 0 Å². The number of ether oxygens (including phenoxy) is 1. The molecule has 1 aromatic carbocycles. The highest BCUT2D eigenvalue weighted by Gasteiger charge is 2.35. The van der Waals surface area contributed by atoms with Crippen LogP contribution in [0.3, 0.4) is 0 Å². The second kappa shape index (κ2) is 9.52. The normalized spacial score (nSPS) is 16.0. The number of nitrogens with one attached hydrogen (secondary N) is 2. The number of hydrogen-bond donors (Lipinski definition) is 3. The lowest BCUT2D eigenvalue weighted by Gasteiger charge is -2.29. The van der Waals surface area contributed by atoms with Crippen LogP contribution in [0.5, 0.6) is 5.75 Å². The third kappa shape index (κ3) is 4.50. The molecule has 0 spiro atoms. The van der Waals surface area contributed by atoms with Gasteiger partial charge in [0.1, 0.15) is 5.75 Å². The molecule has 3 rings (SSSR count). The average molecular weight is 441 g/mol. The van der Waals surface area contributed by atoms with Gasteiger partial charge in [0, 0.05) is 16.1 Å². The van der Waals surface area contributed by atoms with Crippen LogP contribution >= 0.6 is 23.1 Å². The number of rotatable bonds is 7. The van der Waals surface area contributed by atoms with E-state index in [1.807, 2.05) is 23.6 Å². The Hall–Kier alpha value is -3.22. The number of para-hydroxylation sites is 2. The van der Waals surface area contributed by atoms with Gasteiger partial charge in [-0.15, -0.1) is 11.3 Å². The first-order chi connectivity index (χ1) is 14.5. The van der Waals surface area contributed by atoms with E-state index in [9.17, 15) is 14.9 Å². The number of thioether (sulfide) groups is 1. The molecule has 154 valence electrons. The Kier molecular flexibility index (Phi) is 6.82. The number of primary amides is 1. The monoisotopic (exact) mass is 440 g/mol. The molecule has 2 heterocycles. The second-order valence-electron chi connectivity index (χ2n) is 6.38. The van der Waals surface area contributed by atoms with E-state index in [1.165, 1.54) is 18.4 Å². The quantitative estimate of drug-likeness (QED) is 0.608. The van der Waals surface area contributed by atoms with Gasteiger partial charge in [-0.05, 0) is 30.5 Å². The van der Waals surface area contributed by atoms with E-state index in [-0.39, 0.29) is 11.7 Å². The first-order valence-corrected chi connectivity index (χ1v) is 10.8. The number of nitriles is 1. The molecule has 1 aromatic heterocycles.